The van der Waals surface area contributed by atoms with Crippen molar-refractivity contribution >= 4 is 28.8 Å². The Labute approximate surface area is 219 Å². The van der Waals surface area contributed by atoms with Gasteiger partial charge < -0.3 is 19.3 Å². The van der Waals surface area contributed by atoms with E-state index >= 15 is 0 Å². The molecule has 0 unspecified atom stereocenters. The van der Waals surface area contributed by atoms with Gasteiger partial charge in [-0.2, -0.15) is 0 Å². The average molecular weight is 519 g/mol. The van der Waals surface area contributed by atoms with Crippen LogP contribution in [-0.2, 0) is 14.3 Å². The van der Waals surface area contributed by atoms with Gasteiger partial charge in [-0.3, -0.25) is 4.79 Å². The smallest absolute Gasteiger partial charge is 0.341 e. The van der Waals surface area contributed by atoms with Gasteiger partial charge >= 0.3 is 11.9 Å². The molecule has 3 rings (SSSR count). The van der Waals surface area contributed by atoms with E-state index in [0.717, 1.165) is 33.9 Å². The Kier molecular flexibility index (Phi) is 10.3. The van der Waals surface area contributed by atoms with Gasteiger partial charge in [0.25, 0.3) is 0 Å². The van der Waals surface area contributed by atoms with Crippen molar-refractivity contribution in [1.82, 2.24) is 0 Å². The SMILES string of the molecule is C=CC(=O)OCCCOc1ccc(C(=O)Sc2ccc(-c3ccc(OC(=O)C(=C)CO)cc3)cc2)cc1. The number of aliphatic hydroxyl groups is 1. The number of hydrogen-bond donors (Lipinski definition) is 1. The molecule has 3 aromatic rings. The molecule has 0 radical (unpaired) electrons. The highest BCUT2D eigenvalue weighted by atomic mass is 32.2. The van der Waals surface area contributed by atoms with Crippen LogP contribution in [0.15, 0.2) is 102 Å². The minimum atomic E-state index is -0.674. The zero-order valence-corrected chi connectivity index (χ0v) is 20.9. The molecule has 0 aliphatic carbocycles. The van der Waals surface area contributed by atoms with Gasteiger partial charge in [0.2, 0.25) is 5.12 Å². The maximum absolute atomic E-state index is 12.7. The molecule has 1 N–H and O–H groups in total. The van der Waals surface area contributed by atoms with Gasteiger partial charge in [-0.1, -0.05) is 37.4 Å². The van der Waals surface area contributed by atoms with Gasteiger partial charge in [0, 0.05) is 23.0 Å². The monoisotopic (exact) mass is 518 g/mol. The zero-order chi connectivity index (χ0) is 26.6. The first kappa shape index (κ1) is 27.4. The molecule has 0 aliphatic rings. The standard InChI is InChI=1S/C29H26O7S/c1-3-27(31)35-18-4-17-34-24-11-7-23(8-12-24)29(33)37-26-15-9-22(10-16-26)21-5-13-25(14-6-21)36-28(32)20(2)19-30/h3,5-16,30H,1-2,4,17-19H2. The van der Waals surface area contributed by atoms with Crippen molar-refractivity contribution in [3.05, 3.63) is 103 Å². The molecule has 0 spiro atoms. The third kappa shape index (κ3) is 8.49. The van der Waals surface area contributed by atoms with Gasteiger partial charge in [-0.05, 0) is 71.4 Å². The van der Waals surface area contributed by atoms with Gasteiger partial charge in [-0.25, -0.2) is 9.59 Å². The highest BCUT2D eigenvalue weighted by Gasteiger charge is 2.11. The van der Waals surface area contributed by atoms with Crippen LogP contribution >= 0.6 is 11.8 Å². The second-order valence-corrected chi connectivity index (χ2v) is 8.73. The second kappa shape index (κ2) is 13.8. The normalized spacial score (nSPS) is 10.3. The molecule has 190 valence electrons. The van der Waals surface area contributed by atoms with Crippen LogP contribution in [0.3, 0.4) is 0 Å². The fourth-order valence-electron chi connectivity index (χ4n) is 3.01. The molecule has 7 nitrogen and oxygen atoms in total. The van der Waals surface area contributed by atoms with Crippen LogP contribution < -0.4 is 9.47 Å². The molecular weight excluding hydrogens is 492 g/mol. The Morgan fingerprint density at radius 3 is 2.03 bits per heavy atom. The molecule has 0 aliphatic heterocycles. The van der Waals surface area contributed by atoms with E-state index < -0.39 is 18.5 Å². The summed E-state index contributed by atoms with van der Waals surface area (Å²) >= 11 is 1.13. The molecule has 0 saturated heterocycles. The predicted octanol–water partition coefficient (Wildman–Crippen LogP) is 5.24. The molecular formula is C29H26O7S. The van der Waals surface area contributed by atoms with Gasteiger partial charge in [-0.15, -0.1) is 0 Å². The molecule has 0 amide bonds. The van der Waals surface area contributed by atoms with Crippen LogP contribution in [0.5, 0.6) is 11.5 Å². The van der Waals surface area contributed by atoms with Crippen LogP contribution in [0.25, 0.3) is 11.1 Å². The number of carbonyl (C=O) groups is 3. The maximum Gasteiger partial charge on any atom is 0.341 e. The Morgan fingerprint density at radius 2 is 1.43 bits per heavy atom. The average Bonchev–Trinajstić information content (AvgIpc) is 2.93. The number of carbonyl (C=O) groups excluding carboxylic acids is 3. The summed E-state index contributed by atoms with van der Waals surface area (Å²) in [6, 6.07) is 21.4. The van der Waals surface area contributed by atoms with E-state index in [2.05, 4.69) is 13.2 Å². The lowest BCUT2D eigenvalue weighted by Gasteiger charge is -2.08. The third-order valence-corrected chi connectivity index (χ3v) is 5.93. The molecule has 0 heterocycles. The Bertz CT molecular complexity index is 1250. The second-order valence-electron chi connectivity index (χ2n) is 7.69. The highest BCUT2D eigenvalue weighted by Crippen LogP contribution is 2.28. The van der Waals surface area contributed by atoms with E-state index in [4.69, 9.17) is 19.3 Å². The Balaban J connectivity index is 1.50. The number of aliphatic hydroxyl groups excluding tert-OH is 1. The van der Waals surface area contributed by atoms with E-state index in [-0.39, 0.29) is 17.3 Å². The molecule has 37 heavy (non-hydrogen) atoms. The van der Waals surface area contributed by atoms with Crippen molar-refractivity contribution in [2.45, 2.75) is 11.3 Å². The molecule has 0 saturated carbocycles. The minimum absolute atomic E-state index is 0.0170. The summed E-state index contributed by atoms with van der Waals surface area (Å²) in [4.78, 5) is 36.2. The van der Waals surface area contributed by atoms with E-state index in [1.807, 2.05) is 36.4 Å². The van der Waals surface area contributed by atoms with Crippen LogP contribution in [0.4, 0.5) is 0 Å². The number of thioether (sulfide) groups is 1. The highest BCUT2D eigenvalue weighted by molar-refractivity contribution is 8.14. The Morgan fingerprint density at radius 1 is 0.838 bits per heavy atom. The fraction of sp³-hybridized carbons (Fsp3) is 0.138. The van der Waals surface area contributed by atoms with E-state index in [1.54, 1.807) is 36.4 Å². The molecule has 0 fully saturated rings. The third-order valence-electron chi connectivity index (χ3n) is 5.00. The van der Waals surface area contributed by atoms with Gasteiger partial charge in [0.05, 0.1) is 25.4 Å². The first-order chi connectivity index (χ1) is 17.9. The van der Waals surface area contributed by atoms with Crippen molar-refractivity contribution in [3.8, 4) is 22.6 Å². The fourth-order valence-corrected chi connectivity index (χ4v) is 3.75. The maximum atomic E-state index is 12.7. The Hall–Kier alpha value is -4.14. The largest absolute Gasteiger partial charge is 0.493 e. The van der Waals surface area contributed by atoms with Crippen LogP contribution in [0, 0.1) is 0 Å². The van der Waals surface area contributed by atoms with Crippen molar-refractivity contribution in [1.29, 1.82) is 0 Å². The number of benzene rings is 3. The summed E-state index contributed by atoms with van der Waals surface area (Å²) in [6.45, 7) is 6.95. The summed E-state index contributed by atoms with van der Waals surface area (Å²) < 4.78 is 15.6. The number of esters is 2. The predicted molar refractivity (Wildman–Crippen MR) is 142 cm³/mol. The lowest BCUT2D eigenvalue weighted by atomic mass is 10.1. The molecule has 0 atom stereocenters. The summed E-state index contributed by atoms with van der Waals surface area (Å²) in [5.41, 5.74) is 2.39. The first-order valence-corrected chi connectivity index (χ1v) is 12.2. The summed E-state index contributed by atoms with van der Waals surface area (Å²) in [7, 11) is 0. The topological polar surface area (TPSA) is 99.1 Å². The van der Waals surface area contributed by atoms with Gasteiger partial charge in [0.1, 0.15) is 11.5 Å². The van der Waals surface area contributed by atoms with Crippen molar-refractivity contribution in [2.24, 2.45) is 0 Å². The number of ether oxygens (including phenoxy) is 3. The van der Waals surface area contributed by atoms with E-state index in [1.165, 1.54) is 0 Å². The summed E-state index contributed by atoms with van der Waals surface area (Å²) in [5.74, 6) is -0.158. The lowest BCUT2D eigenvalue weighted by Crippen LogP contribution is -2.12. The number of hydrogen-bond acceptors (Lipinski definition) is 8. The van der Waals surface area contributed by atoms with E-state index in [0.29, 0.717) is 30.1 Å². The zero-order valence-electron chi connectivity index (χ0n) is 20.1. The molecule has 8 heteroatoms. The minimum Gasteiger partial charge on any atom is -0.493 e. The summed E-state index contributed by atoms with van der Waals surface area (Å²) in [5, 5.41) is 8.86. The van der Waals surface area contributed by atoms with Crippen molar-refractivity contribution in [2.75, 3.05) is 19.8 Å². The molecule has 0 aromatic heterocycles. The van der Waals surface area contributed by atoms with Crippen LogP contribution in [0.1, 0.15) is 16.8 Å². The van der Waals surface area contributed by atoms with Crippen molar-refractivity contribution in [3.63, 3.8) is 0 Å². The summed E-state index contributed by atoms with van der Waals surface area (Å²) in [6.07, 6.45) is 1.66. The lowest BCUT2D eigenvalue weighted by molar-refractivity contribution is -0.138. The quantitative estimate of drug-likeness (QED) is 0.114. The number of rotatable bonds is 12. The van der Waals surface area contributed by atoms with E-state index in [9.17, 15) is 14.4 Å². The van der Waals surface area contributed by atoms with Crippen LogP contribution in [-0.4, -0.2) is 42.0 Å². The van der Waals surface area contributed by atoms with Crippen molar-refractivity contribution < 1.29 is 33.7 Å². The van der Waals surface area contributed by atoms with Gasteiger partial charge in [0.15, 0.2) is 0 Å². The van der Waals surface area contributed by atoms with Crippen LogP contribution in [0.2, 0.25) is 0 Å². The first-order valence-electron chi connectivity index (χ1n) is 11.3. The molecule has 0 bridgehead atoms. The molecule has 3 aromatic carbocycles.